The summed E-state index contributed by atoms with van der Waals surface area (Å²) < 4.78 is 44.2. The number of rotatable bonds is 6. The first-order valence-corrected chi connectivity index (χ1v) is 10.5. The Bertz CT molecular complexity index is 1240. The summed E-state index contributed by atoms with van der Waals surface area (Å²) in [6.07, 6.45) is -2.63. The van der Waals surface area contributed by atoms with Gasteiger partial charge in [0.2, 0.25) is 5.43 Å². The number of hydrogen-bond donors (Lipinski definition) is 1. The Balaban J connectivity index is 1.52. The van der Waals surface area contributed by atoms with E-state index in [1.54, 1.807) is 55.5 Å². The molecular weight excluding hydrogens is 457 g/mol. The second-order valence-electron chi connectivity index (χ2n) is 7.78. The largest absolute Gasteiger partial charge is 0.457 e. The van der Waals surface area contributed by atoms with Crippen molar-refractivity contribution in [1.82, 2.24) is 4.98 Å². The Kier molecular flexibility index (Phi) is 6.21. The van der Waals surface area contributed by atoms with E-state index in [0.29, 0.717) is 39.6 Å². The average molecular weight is 477 g/mol. The number of aromatic amines is 1. The number of H-pyrrole nitrogens is 1. The van der Waals surface area contributed by atoms with Crippen LogP contribution in [0, 0.1) is 12.8 Å². The number of ether oxygens (including phenoxy) is 1. The molecule has 0 bridgehead atoms. The van der Waals surface area contributed by atoms with Gasteiger partial charge in [-0.2, -0.15) is 13.2 Å². The third-order valence-electron chi connectivity index (χ3n) is 5.53. The SMILES string of the molecule is CO/N=C\c1[nH]c(C)c(Cl)c(=O)c1-c1ccc(Oc2ccc(C3CC3C(F)(F)F)cc2)cc1. The summed E-state index contributed by atoms with van der Waals surface area (Å²) >= 11 is 6.14. The summed E-state index contributed by atoms with van der Waals surface area (Å²) in [6.45, 7) is 1.69. The van der Waals surface area contributed by atoms with E-state index in [1.165, 1.54) is 13.3 Å². The van der Waals surface area contributed by atoms with Crippen LogP contribution in [0.15, 0.2) is 58.5 Å². The van der Waals surface area contributed by atoms with Gasteiger partial charge in [-0.3, -0.25) is 4.79 Å². The van der Waals surface area contributed by atoms with Crippen molar-refractivity contribution >= 4 is 17.8 Å². The molecule has 0 spiro atoms. The lowest BCUT2D eigenvalue weighted by molar-refractivity contribution is -0.148. The number of halogens is 4. The molecule has 0 saturated heterocycles. The zero-order chi connectivity index (χ0) is 23.8. The number of nitrogens with zero attached hydrogens (tertiary/aromatic N) is 1. The van der Waals surface area contributed by atoms with Crippen molar-refractivity contribution in [2.75, 3.05) is 7.11 Å². The molecule has 33 heavy (non-hydrogen) atoms. The average Bonchev–Trinajstić information content (AvgIpc) is 3.59. The second kappa shape index (κ2) is 8.94. The molecule has 1 N–H and O–H groups in total. The summed E-state index contributed by atoms with van der Waals surface area (Å²) in [5.74, 6) is -0.727. The molecule has 0 aliphatic heterocycles. The van der Waals surface area contributed by atoms with Crippen LogP contribution in [0.25, 0.3) is 11.1 Å². The van der Waals surface area contributed by atoms with Crippen molar-refractivity contribution in [2.45, 2.75) is 25.4 Å². The van der Waals surface area contributed by atoms with Gasteiger partial charge in [-0.25, -0.2) is 0 Å². The maximum atomic E-state index is 12.8. The fourth-order valence-electron chi connectivity index (χ4n) is 3.74. The lowest BCUT2D eigenvalue weighted by atomic mass is 10.0. The number of benzene rings is 2. The molecule has 9 heteroatoms. The predicted octanol–water partition coefficient (Wildman–Crippen LogP) is 6.44. The smallest absolute Gasteiger partial charge is 0.392 e. The molecule has 1 aliphatic rings. The normalized spacial score (nSPS) is 17.9. The molecular formula is C24H20ClF3N2O3. The van der Waals surface area contributed by atoms with E-state index >= 15 is 0 Å². The highest BCUT2D eigenvalue weighted by Crippen LogP contribution is 2.56. The molecule has 0 amide bonds. The van der Waals surface area contributed by atoms with Crippen molar-refractivity contribution < 1.29 is 22.7 Å². The molecule has 5 nitrogen and oxygen atoms in total. The summed E-state index contributed by atoms with van der Waals surface area (Å²) in [5, 5.41) is 3.82. The molecule has 0 radical (unpaired) electrons. The van der Waals surface area contributed by atoms with Crippen LogP contribution < -0.4 is 10.2 Å². The molecule has 1 aromatic heterocycles. The minimum absolute atomic E-state index is 0.0865. The van der Waals surface area contributed by atoms with Gasteiger partial charge < -0.3 is 14.6 Å². The Morgan fingerprint density at radius 1 is 1.09 bits per heavy atom. The van der Waals surface area contributed by atoms with Crippen LogP contribution in [0.2, 0.25) is 5.02 Å². The van der Waals surface area contributed by atoms with Gasteiger partial charge in [0.1, 0.15) is 23.6 Å². The molecule has 2 atom stereocenters. The second-order valence-corrected chi connectivity index (χ2v) is 8.16. The van der Waals surface area contributed by atoms with E-state index < -0.39 is 18.0 Å². The van der Waals surface area contributed by atoms with E-state index in [0.717, 1.165) is 0 Å². The van der Waals surface area contributed by atoms with E-state index in [-0.39, 0.29) is 16.9 Å². The summed E-state index contributed by atoms with van der Waals surface area (Å²) in [6, 6.07) is 13.4. The summed E-state index contributed by atoms with van der Waals surface area (Å²) in [7, 11) is 1.40. The molecule has 2 aromatic carbocycles. The lowest BCUT2D eigenvalue weighted by Gasteiger charge is -2.11. The van der Waals surface area contributed by atoms with Crippen molar-refractivity contribution in [3.8, 4) is 22.6 Å². The molecule has 172 valence electrons. The number of aryl methyl sites for hydroxylation is 1. The molecule has 1 aliphatic carbocycles. The molecule has 1 fully saturated rings. The fraction of sp³-hybridized carbons (Fsp3) is 0.250. The van der Waals surface area contributed by atoms with Crippen LogP contribution in [-0.4, -0.2) is 24.5 Å². The molecule has 2 unspecified atom stereocenters. The maximum absolute atomic E-state index is 12.8. The molecule has 3 aromatic rings. The van der Waals surface area contributed by atoms with Gasteiger partial charge in [-0.05, 0) is 54.7 Å². The van der Waals surface area contributed by atoms with Gasteiger partial charge in [0.15, 0.2) is 0 Å². The topological polar surface area (TPSA) is 63.7 Å². The quantitative estimate of drug-likeness (QED) is 0.329. The number of hydrogen-bond acceptors (Lipinski definition) is 4. The van der Waals surface area contributed by atoms with Crippen LogP contribution >= 0.6 is 11.6 Å². The summed E-state index contributed by atoms with van der Waals surface area (Å²) in [5.41, 5.74) is 2.22. The Morgan fingerprint density at radius 3 is 2.24 bits per heavy atom. The number of pyridine rings is 1. The minimum atomic E-state index is -4.15. The zero-order valence-electron chi connectivity index (χ0n) is 17.7. The van der Waals surface area contributed by atoms with Gasteiger partial charge in [0.25, 0.3) is 0 Å². The van der Waals surface area contributed by atoms with Crippen molar-refractivity contribution in [3.05, 3.63) is 80.7 Å². The van der Waals surface area contributed by atoms with Gasteiger partial charge in [-0.15, -0.1) is 0 Å². The molecule has 4 rings (SSSR count). The number of nitrogens with one attached hydrogen (secondary N) is 1. The van der Waals surface area contributed by atoms with Gasteiger partial charge in [0.05, 0.1) is 23.4 Å². The standard InChI is InChI=1S/C24H20ClF3N2O3/c1-13-22(25)23(31)21(20(30-13)12-29-32-2)15-5-9-17(10-6-15)33-16-7-3-14(4-8-16)18-11-19(18)24(26,27)28/h3-10,12,18-19H,11H2,1-2H3,(H,30,31)/b29-12-. The Labute approximate surface area is 192 Å². The third kappa shape index (κ3) is 4.90. The number of aromatic nitrogens is 1. The van der Waals surface area contributed by atoms with Crippen LogP contribution in [-0.2, 0) is 4.84 Å². The van der Waals surface area contributed by atoms with Gasteiger partial charge in [-0.1, -0.05) is 41.0 Å². The van der Waals surface area contributed by atoms with Crippen molar-refractivity contribution in [3.63, 3.8) is 0 Å². The van der Waals surface area contributed by atoms with E-state index in [1.807, 2.05) is 0 Å². The van der Waals surface area contributed by atoms with Crippen LogP contribution in [0.3, 0.4) is 0 Å². The van der Waals surface area contributed by atoms with Crippen molar-refractivity contribution in [2.24, 2.45) is 11.1 Å². The highest BCUT2D eigenvalue weighted by molar-refractivity contribution is 6.31. The summed E-state index contributed by atoms with van der Waals surface area (Å²) in [4.78, 5) is 20.5. The van der Waals surface area contributed by atoms with E-state index in [4.69, 9.17) is 21.2 Å². The Morgan fingerprint density at radius 2 is 1.70 bits per heavy atom. The highest BCUT2D eigenvalue weighted by atomic mass is 35.5. The maximum Gasteiger partial charge on any atom is 0.392 e. The zero-order valence-corrected chi connectivity index (χ0v) is 18.5. The third-order valence-corrected chi connectivity index (χ3v) is 5.99. The minimum Gasteiger partial charge on any atom is -0.457 e. The van der Waals surface area contributed by atoms with E-state index in [9.17, 15) is 18.0 Å². The monoisotopic (exact) mass is 476 g/mol. The van der Waals surface area contributed by atoms with Crippen LogP contribution in [0.4, 0.5) is 13.2 Å². The number of alkyl halides is 3. The molecule has 1 heterocycles. The highest BCUT2D eigenvalue weighted by Gasteiger charge is 2.56. The lowest BCUT2D eigenvalue weighted by Crippen LogP contribution is -2.13. The first-order valence-electron chi connectivity index (χ1n) is 10.1. The first-order chi connectivity index (χ1) is 15.7. The predicted molar refractivity (Wildman–Crippen MR) is 120 cm³/mol. The van der Waals surface area contributed by atoms with Crippen LogP contribution in [0.1, 0.15) is 29.3 Å². The van der Waals surface area contributed by atoms with Crippen molar-refractivity contribution in [1.29, 1.82) is 0 Å². The fourth-order valence-corrected chi connectivity index (χ4v) is 3.89. The first kappa shape index (κ1) is 22.9. The van der Waals surface area contributed by atoms with Gasteiger partial charge >= 0.3 is 6.18 Å². The Hall–Kier alpha value is -3.26. The number of oxime groups is 1. The van der Waals surface area contributed by atoms with Crippen LogP contribution in [0.5, 0.6) is 11.5 Å². The van der Waals surface area contributed by atoms with Gasteiger partial charge in [0, 0.05) is 5.69 Å². The van der Waals surface area contributed by atoms with E-state index in [2.05, 4.69) is 10.1 Å². The molecule has 1 saturated carbocycles.